The fourth-order valence-corrected chi connectivity index (χ4v) is 2.24. The third-order valence-electron chi connectivity index (χ3n) is 3.60. The number of halogens is 2. The summed E-state index contributed by atoms with van der Waals surface area (Å²) in [7, 11) is 0. The summed E-state index contributed by atoms with van der Waals surface area (Å²) < 4.78 is 27.9. The third-order valence-corrected chi connectivity index (χ3v) is 3.60. The van der Waals surface area contributed by atoms with E-state index in [9.17, 15) is 8.78 Å². The molecule has 1 nitrogen and oxygen atoms in total. The summed E-state index contributed by atoms with van der Waals surface area (Å²) >= 11 is 0. The molecule has 0 aliphatic rings. The maximum atomic E-state index is 13.9. The molecule has 3 heteroatoms. The number of nitrogens with one attached hydrogen (secondary N) is 1. The maximum absolute atomic E-state index is 13.9. The minimum absolute atomic E-state index is 0.0780. The highest BCUT2D eigenvalue weighted by atomic mass is 19.3. The molecule has 0 aliphatic heterocycles. The SMILES string of the molecule is CCC(CC)C(C)NCC(F)(F)c1ccccc1. The van der Waals surface area contributed by atoms with Crippen LogP contribution in [0.5, 0.6) is 0 Å². The Labute approximate surface area is 109 Å². The van der Waals surface area contributed by atoms with E-state index in [4.69, 9.17) is 0 Å². The van der Waals surface area contributed by atoms with E-state index in [0.29, 0.717) is 5.92 Å². The highest BCUT2D eigenvalue weighted by Gasteiger charge is 2.31. The molecule has 102 valence electrons. The van der Waals surface area contributed by atoms with Crippen molar-refractivity contribution in [3.05, 3.63) is 35.9 Å². The normalized spacial score (nSPS) is 13.9. The summed E-state index contributed by atoms with van der Waals surface area (Å²) in [6.07, 6.45) is 2.03. The highest BCUT2D eigenvalue weighted by molar-refractivity contribution is 5.20. The fourth-order valence-electron chi connectivity index (χ4n) is 2.24. The van der Waals surface area contributed by atoms with Crippen molar-refractivity contribution in [2.45, 2.75) is 45.6 Å². The van der Waals surface area contributed by atoms with Gasteiger partial charge in [0.25, 0.3) is 5.92 Å². The predicted molar refractivity (Wildman–Crippen MR) is 71.9 cm³/mol. The number of rotatable bonds is 7. The minimum Gasteiger partial charge on any atom is -0.308 e. The third kappa shape index (κ3) is 4.05. The molecule has 0 fully saturated rings. The van der Waals surface area contributed by atoms with Crippen LogP contribution in [0, 0.1) is 5.92 Å². The van der Waals surface area contributed by atoms with E-state index in [1.807, 2.05) is 6.92 Å². The van der Waals surface area contributed by atoms with Crippen LogP contribution in [0.15, 0.2) is 30.3 Å². The average Bonchev–Trinajstić information content (AvgIpc) is 2.39. The van der Waals surface area contributed by atoms with Crippen molar-refractivity contribution in [2.24, 2.45) is 5.92 Å². The van der Waals surface area contributed by atoms with Crippen molar-refractivity contribution in [1.29, 1.82) is 0 Å². The summed E-state index contributed by atoms with van der Waals surface area (Å²) in [6.45, 7) is 5.89. The molecule has 1 aromatic carbocycles. The van der Waals surface area contributed by atoms with Crippen LogP contribution in [0.1, 0.15) is 39.2 Å². The Balaban J connectivity index is 2.57. The topological polar surface area (TPSA) is 12.0 Å². The Morgan fingerprint density at radius 2 is 1.67 bits per heavy atom. The van der Waals surface area contributed by atoms with Gasteiger partial charge < -0.3 is 5.32 Å². The lowest BCUT2D eigenvalue weighted by Gasteiger charge is -2.25. The van der Waals surface area contributed by atoms with Gasteiger partial charge in [-0.25, -0.2) is 0 Å². The molecule has 0 saturated carbocycles. The number of hydrogen-bond donors (Lipinski definition) is 1. The molecule has 0 bridgehead atoms. The first-order valence-electron chi connectivity index (χ1n) is 6.68. The van der Waals surface area contributed by atoms with Crippen molar-refractivity contribution < 1.29 is 8.78 Å². The van der Waals surface area contributed by atoms with Crippen LogP contribution >= 0.6 is 0 Å². The molecule has 0 radical (unpaired) electrons. The average molecular weight is 255 g/mol. The largest absolute Gasteiger partial charge is 0.308 e. The lowest BCUT2D eigenvalue weighted by Crippen LogP contribution is -2.40. The number of alkyl halides is 2. The molecule has 0 spiro atoms. The smallest absolute Gasteiger partial charge is 0.285 e. The monoisotopic (exact) mass is 255 g/mol. The molecule has 1 atom stereocenters. The second-order valence-electron chi connectivity index (χ2n) is 4.82. The fraction of sp³-hybridized carbons (Fsp3) is 0.600. The van der Waals surface area contributed by atoms with Gasteiger partial charge >= 0.3 is 0 Å². The molecular weight excluding hydrogens is 232 g/mol. The van der Waals surface area contributed by atoms with E-state index < -0.39 is 5.92 Å². The van der Waals surface area contributed by atoms with Crippen LogP contribution in [-0.2, 0) is 5.92 Å². The molecule has 0 heterocycles. The first-order chi connectivity index (χ1) is 8.51. The first-order valence-corrected chi connectivity index (χ1v) is 6.68. The quantitative estimate of drug-likeness (QED) is 0.770. The zero-order valence-electron chi connectivity index (χ0n) is 11.4. The lowest BCUT2D eigenvalue weighted by molar-refractivity contribution is -0.00707. The Kier molecular flexibility index (Phi) is 5.73. The van der Waals surface area contributed by atoms with Crippen LogP contribution < -0.4 is 5.32 Å². The molecule has 0 aromatic heterocycles. The van der Waals surface area contributed by atoms with Gasteiger partial charge in [0.05, 0.1) is 6.54 Å². The molecule has 1 N–H and O–H groups in total. The molecule has 0 saturated heterocycles. The summed E-state index contributed by atoms with van der Waals surface area (Å²) in [5.41, 5.74) is 0.0780. The molecule has 1 rings (SSSR count). The van der Waals surface area contributed by atoms with Crippen molar-refractivity contribution in [3.63, 3.8) is 0 Å². The van der Waals surface area contributed by atoms with Crippen LogP contribution in [0.4, 0.5) is 8.78 Å². The van der Waals surface area contributed by atoms with E-state index in [0.717, 1.165) is 12.8 Å². The zero-order chi connectivity index (χ0) is 13.6. The zero-order valence-corrected chi connectivity index (χ0v) is 11.4. The van der Waals surface area contributed by atoms with Crippen LogP contribution in [-0.4, -0.2) is 12.6 Å². The van der Waals surface area contributed by atoms with E-state index in [-0.39, 0.29) is 18.2 Å². The summed E-state index contributed by atoms with van der Waals surface area (Å²) in [4.78, 5) is 0. The number of benzene rings is 1. The number of hydrogen-bond acceptors (Lipinski definition) is 1. The van der Waals surface area contributed by atoms with Gasteiger partial charge in [-0.05, 0) is 12.8 Å². The standard InChI is InChI=1S/C15H23F2N/c1-4-13(5-2)12(3)18-11-15(16,17)14-9-7-6-8-10-14/h6-10,12-13,18H,4-5,11H2,1-3H3. The van der Waals surface area contributed by atoms with Gasteiger partial charge in [-0.2, -0.15) is 8.78 Å². The van der Waals surface area contributed by atoms with Crippen molar-refractivity contribution in [3.8, 4) is 0 Å². The maximum Gasteiger partial charge on any atom is 0.285 e. The Bertz CT molecular complexity index is 334. The van der Waals surface area contributed by atoms with Crippen LogP contribution in [0.25, 0.3) is 0 Å². The lowest BCUT2D eigenvalue weighted by atomic mass is 9.95. The van der Waals surface area contributed by atoms with E-state index in [1.54, 1.807) is 18.2 Å². The van der Waals surface area contributed by atoms with E-state index in [1.165, 1.54) is 12.1 Å². The van der Waals surface area contributed by atoms with E-state index in [2.05, 4.69) is 19.2 Å². The minimum atomic E-state index is -2.80. The highest BCUT2D eigenvalue weighted by Crippen LogP contribution is 2.27. The molecule has 1 unspecified atom stereocenters. The molecule has 1 aromatic rings. The predicted octanol–water partition coefficient (Wildman–Crippen LogP) is 4.19. The van der Waals surface area contributed by atoms with Crippen molar-refractivity contribution in [1.82, 2.24) is 5.32 Å². The van der Waals surface area contributed by atoms with Gasteiger partial charge in [-0.1, -0.05) is 57.0 Å². The second kappa shape index (κ2) is 6.83. The van der Waals surface area contributed by atoms with Gasteiger partial charge in [0, 0.05) is 11.6 Å². The van der Waals surface area contributed by atoms with Gasteiger partial charge in [-0.3, -0.25) is 0 Å². The van der Waals surface area contributed by atoms with Gasteiger partial charge in [0.1, 0.15) is 0 Å². The van der Waals surface area contributed by atoms with E-state index >= 15 is 0 Å². The van der Waals surface area contributed by atoms with Crippen molar-refractivity contribution in [2.75, 3.05) is 6.54 Å². The summed E-state index contributed by atoms with van der Waals surface area (Å²) in [5.74, 6) is -2.35. The molecule has 18 heavy (non-hydrogen) atoms. The molecular formula is C15H23F2N. The van der Waals surface area contributed by atoms with Crippen LogP contribution in [0.3, 0.4) is 0 Å². The first kappa shape index (κ1) is 15.1. The summed E-state index contributed by atoms with van der Waals surface area (Å²) in [5, 5.41) is 2.97. The van der Waals surface area contributed by atoms with Gasteiger partial charge in [0.2, 0.25) is 0 Å². The Morgan fingerprint density at radius 1 is 1.11 bits per heavy atom. The molecule has 0 aliphatic carbocycles. The van der Waals surface area contributed by atoms with Crippen molar-refractivity contribution >= 4 is 0 Å². The Morgan fingerprint density at radius 3 is 2.17 bits per heavy atom. The molecule has 0 amide bonds. The Hall–Kier alpha value is -0.960. The van der Waals surface area contributed by atoms with Gasteiger partial charge in [-0.15, -0.1) is 0 Å². The second-order valence-corrected chi connectivity index (χ2v) is 4.82. The summed E-state index contributed by atoms with van der Waals surface area (Å²) in [6, 6.07) is 8.11. The van der Waals surface area contributed by atoms with Gasteiger partial charge in [0.15, 0.2) is 0 Å². The van der Waals surface area contributed by atoms with Crippen LogP contribution in [0.2, 0.25) is 0 Å².